The third kappa shape index (κ3) is 3.70. The van der Waals surface area contributed by atoms with Crippen molar-refractivity contribution >= 4 is 27.3 Å². The minimum Gasteiger partial charge on any atom is -0.489 e. The van der Waals surface area contributed by atoms with Gasteiger partial charge in [-0.3, -0.25) is 4.31 Å². The summed E-state index contributed by atoms with van der Waals surface area (Å²) < 4.78 is 72.2. The van der Waals surface area contributed by atoms with E-state index in [4.69, 9.17) is 16.3 Å². The van der Waals surface area contributed by atoms with Gasteiger partial charge in [-0.1, -0.05) is 23.7 Å². The highest BCUT2D eigenvalue weighted by atomic mass is 35.5. The molecule has 30 heavy (non-hydrogen) atoms. The Kier molecular flexibility index (Phi) is 5.11. The van der Waals surface area contributed by atoms with Crippen molar-refractivity contribution in [2.75, 3.05) is 17.5 Å². The number of ether oxygens (including phenoxy) is 1. The Balaban J connectivity index is 1.81. The second-order valence-electron chi connectivity index (χ2n) is 6.48. The summed E-state index contributed by atoms with van der Waals surface area (Å²) in [5, 5.41) is 0.237. The zero-order valence-corrected chi connectivity index (χ0v) is 16.8. The zero-order chi connectivity index (χ0) is 21.5. The molecule has 0 bridgehead atoms. The SMILES string of the molecule is O=S(=O)(c1cccc(C(F)(F)F)c1)N1CCOc2ccc(-c3cccnc3Cl)cc21. The standard InChI is InChI=1S/C20H14ClF3N2O3S/c21-19-16(5-2-8-25-19)13-6-7-18-17(11-13)26(9-10-29-18)30(27,28)15-4-1-3-14(12-15)20(22,23)24/h1-8,11-12H,9-10H2. The number of alkyl halides is 3. The largest absolute Gasteiger partial charge is 0.489 e. The van der Waals surface area contributed by atoms with Gasteiger partial charge in [-0.25, -0.2) is 13.4 Å². The van der Waals surface area contributed by atoms with Gasteiger partial charge < -0.3 is 4.74 Å². The van der Waals surface area contributed by atoms with Gasteiger partial charge in [0, 0.05) is 11.8 Å². The van der Waals surface area contributed by atoms with Gasteiger partial charge in [-0.15, -0.1) is 0 Å². The summed E-state index contributed by atoms with van der Waals surface area (Å²) in [5.74, 6) is 0.306. The zero-order valence-electron chi connectivity index (χ0n) is 15.2. The lowest BCUT2D eigenvalue weighted by atomic mass is 10.1. The summed E-state index contributed by atoms with van der Waals surface area (Å²) >= 11 is 6.14. The maximum atomic E-state index is 13.2. The van der Waals surface area contributed by atoms with E-state index >= 15 is 0 Å². The summed E-state index contributed by atoms with van der Waals surface area (Å²) in [6.45, 7) is 0.0218. The number of rotatable bonds is 3. The molecule has 0 atom stereocenters. The number of pyridine rings is 1. The van der Waals surface area contributed by atoms with Crippen LogP contribution in [0.5, 0.6) is 5.75 Å². The molecule has 0 aliphatic carbocycles. The molecule has 0 saturated heterocycles. The van der Waals surface area contributed by atoms with E-state index in [9.17, 15) is 21.6 Å². The normalized spacial score (nSPS) is 14.2. The molecular weight excluding hydrogens is 441 g/mol. The lowest BCUT2D eigenvalue weighted by molar-refractivity contribution is -0.137. The molecular formula is C20H14ClF3N2O3S. The van der Waals surface area contributed by atoms with Crippen molar-refractivity contribution in [2.24, 2.45) is 0 Å². The van der Waals surface area contributed by atoms with Crippen LogP contribution in [0.4, 0.5) is 18.9 Å². The Hall–Kier alpha value is -2.78. The highest BCUT2D eigenvalue weighted by Crippen LogP contribution is 2.40. The topological polar surface area (TPSA) is 59.5 Å². The van der Waals surface area contributed by atoms with Crippen molar-refractivity contribution < 1.29 is 26.3 Å². The number of nitrogens with zero attached hydrogens (tertiary/aromatic N) is 2. The Bertz CT molecular complexity index is 1220. The molecule has 1 aliphatic rings. The Morgan fingerprint density at radius 3 is 2.60 bits per heavy atom. The average molecular weight is 455 g/mol. The summed E-state index contributed by atoms with van der Waals surface area (Å²) in [5.41, 5.74) is 0.370. The molecule has 0 amide bonds. The monoisotopic (exact) mass is 454 g/mol. The van der Waals surface area contributed by atoms with Crippen LogP contribution in [0.3, 0.4) is 0 Å². The Morgan fingerprint density at radius 2 is 1.87 bits per heavy atom. The fraction of sp³-hybridized carbons (Fsp3) is 0.150. The summed E-state index contributed by atoms with van der Waals surface area (Å²) in [6.07, 6.45) is -3.13. The van der Waals surface area contributed by atoms with Crippen LogP contribution in [0.1, 0.15) is 5.56 Å². The highest BCUT2D eigenvalue weighted by Gasteiger charge is 2.34. The molecule has 1 aromatic heterocycles. The van der Waals surface area contributed by atoms with Crippen molar-refractivity contribution in [2.45, 2.75) is 11.1 Å². The summed E-state index contributed by atoms with van der Waals surface area (Å²) in [4.78, 5) is 3.56. The van der Waals surface area contributed by atoms with Crippen molar-refractivity contribution in [3.8, 4) is 16.9 Å². The van der Waals surface area contributed by atoms with Gasteiger partial charge in [0.05, 0.1) is 22.7 Å². The first-order valence-electron chi connectivity index (χ1n) is 8.76. The van der Waals surface area contributed by atoms with E-state index in [0.29, 0.717) is 22.9 Å². The molecule has 0 spiro atoms. The molecule has 5 nitrogen and oxygen atoms in total. The molecule has 0 saturated carbocycles. The van der Waals surface area contributed by atoms with Gasteiger partial charge >= 0.3 is 6.18 Å². The molecule has 2 aromatic carbocycles. The molecule has 156 valence electrons. The molecule has 2 heterocycles. The lowest BCUT2D eigenvalue weighted by Crippen LogP contribution is -2.38. The van der Waals surface area contributed by atoms with Crippen LogP contribution in [0, 0.1) is 0 Å². The maximum absolute atomic E-state index is 13.2. The molecule has 4 rings (SSSR count). The van der Waals surface area contributed by atoms with Crippen LogP contribution in [0.2, 0.25) is 5.15 Å². The quantitative estimate of drug-likeness (QED) is 0.522. The predicted molar refractivity (Wildman–Crippen MR) is 106 cm³/mol. The second kappa shape index (κ2) is 7.48. The molecule has 3 aromatic rings. The van der Waals surface area contributed by atoms with E-state index in [-0.39, 0.29) is 24.0 Å². The maximum Gasteiger partial charge on any atom is 0.416 e. The Morgan fingerprint density at radius 1 is 1.07 bits per heavy atom. The number of hydrogen-bond donors (Lipinski definition) is 0. The number of anilines is 1. The van der Waals surface area contributed by atoms with E-state index < -0.39 is 26.7 Å². The van der Waals surface area contributed by atoms with Gasteiger partial charge in [-0.05, 0) is 48.0 Å². The first kappa shape index (κ1) is 20.5. The lowest BCUT2D eigenvalue weighted by Gasteiger charge is -2.31. The first-order valence-corrected chi connectivity index (χ1v) is 10.6. The van der Waals surface area contributed by atoms with Crippen LogP contribution < -0.4 is 9.04 Å². The van der Waals surface area contributed by atoms with E-state index in [0.717, 1.165) is 22.5 Å². The first-order chi connectivity index (χ1) is 14.2. The number of aromatic nitrogens is 1. The van der Waals surface area contributed by atoms with Gasteiger partial charge in [-0.2, -0.15) is 13.2 Å². The second-order valence-corrected chi connectivity index (χ2v) is 8.70. The number of sulfonamides is 1. The smallest absolute Gasteiger partial charge is 0.416 e. The fourth-order valence-electron chi connectivity index (χ4n) is 3.17. The Labute approximate surface area is 175 Å². The fourth-order valence-corrected chi connectivity index (χ4v) is 4.90. The third-order valence-corrected chi connectivity index (χ3v) is 6.71. The van der Waals surface area contributed by atoms with E-state index in [2.05, 4.69) is 4.98 Å². The van der Waals surface area contributed by atoms with Crippen LogP contribution in [-0.2, 0) is 16.2 Å². The number of halogens is 4. The van der Waals surface area contributed by atoms with E-state index in [1.54, 1.807) is 30.3 Å². The molecule has 0 radical (unpaired) electrons. The van der Waals surface area contributed by atoms with Crippen molar-refractivity contribution in [3.05, 3.63) is 71.5 Å². The highest BCUT2D eigenvalue weighted by molar-refractivity contribution is 7.92. The van der Waals surface area contributed by atoms with E-state index in [1.807, 2.05) is 0 Å². The summed E-state index contributed by atoms with van der Waals surface area (Å²) in [7, 11) is -4.26. The number of benzene rings is 2. The van der Waals surface area contributed by atoms with Crippen LogP contribution in [0.15, 0.2) is 65.7 Å². The predicted octanol–water partition coefficient (Wildman–Crippen LogP) is 5.01. The average Bonchev–Trinajstić information content (AvgIpc) is 2.73. The van der Waals surface area contributed by atoms with Crippen LogP contribution in [0.25, 0.3) is 11.1 Å². The van der Waals surface area contributed by atoms with Gasteiger partial charge in [0.2, 0.25) is 0 Å². The van der Waals surface area contributed by atoms with Crippen LogP contribution >= 0.6 is 11.6 Å². The molecule has 0 unspecified atom stereocenters. The van der Waals surface area contributed by atoms with Gasteiger partial charge in [0.15, 0.2) is 0 Å². The van der Waals surface area contributed by atoms with E-state index in [1.165, 1.54) is 6.20 Å². The van der Waals surface area contributed by atoms with Gasteiger partial charge in [0.25, 0.3) is 10.0 Å². The molecule has 0 fully saturated rings. The van der Waals surface area contributed by atoms with Gasteiger partial charge in [0.1, 0.15) is 17.5 Å². The summed E-state index contributed by atoms with van der Waals surface area (Å²) in [6, 6.07) is 12.0. The number of hydrogen-bond acceptors (Lipinski definition) is 4. The molecule has 0 N–H and O–H groups in total. The van der Waals surface area contributed by atoms with Crippen LogP contribution in [-0.4, -0.2) is 26.6 Å². The molecule has 1 aliphatic heterocycles. The number of fused-ring (bicyclic) bond motifs is 1. The third-order valence-electron chi connectivity index (χ3n) is 4.60. The van der Waals surface area contributed by atoms with Crippen molar-refractivity contribution in [3.63, 3.8) is 0 Å². The molecule has 10 heteroatoms. The minimum atomic E-state index is -4.65. The minimum absolute atomic E-state index is 0.0458. The van der Waals surface area contributed by atoms with Crippen molar-refractivity contribution in [1.29, 1.82) is 0 Å². The van der Waals surface area contributed by atoms with Crippen molar-refractivity contribution in [1.82, 2.24) is 4.98 Å².